The van der Waals surface area contributed by atoms with Crippen molar-refractivity contribution < 1.29 is 18.3 Å². The van der Waals surface area contributed by atoms with Gasteiger partial charge in [0.15, 0.2) is 5.76 Å². The summed E-state index contributed by atoms with van der Waals surface area (Å²) in [6.07, 6.45) is 1.93. The van der Waals surface area contributed by atoms with Crippen LogP contribution >= 0.6 is 0 Å². The number of hydrogen-bond donors (Lipinski definition) is 1. The standard InChI is InChI=1S/C17H20FNO3/c1-3-4-12(2)19-17(20)16-10-9-15(22-16)11-21-14-7-5-13(18)6-8-14/h5-10,12H,3-4,11H2,1-2H3,(H,19,20). The predicted octanol–water partition coefficient (Wildman–Crippen LogP) is 3.92. The molecule has 0 spiro atoms. The van der Waals surface area contributed by atoms with Crippen LogP contribution in [0.15, 0.2) is 40.8 Å². The normalized spacial score (nSPS) is 12.0. The van der Waals surface area contributed by atoms with Gasteiger partial charge in [0.1, 0.15) is 23.9 Å². The molecule has 0 aliphatic rings. The van der Waals surface area contributed by atoms with Crippen LogP contribution in [-0.4, -0.2) is 11.9 Å². The summed E-state index contributed by atoms with van der Waals surface area (Å²) in [6, 6.07) is 9.16. The summed E-state index contributed by atoms with van der Waals surface area (Å²) in [5, 5.41) is 2.88. The number of carbonyl (C=O) groups excluding carboxylic acids is 1. The average Bonchev–Trinajstić information content (AvgIpc) is 2.96. The summed E-state index contributed by atoms with van der Waals surface area (Å²) < 4.78 is 23.7. The van der Waals surface area contributed by atoms with Crippen LogP contribution in [0.1, 0.15) is 43.0 Å². The number of rotatable bonds is 7. The summed E-state index contributed by atoms with van der Waals surface area (Å²) in [5.74, 6) is 0.804. The van der Waals surface area contributed by atoms with E-state index in [2.05, 4.69) is 12.2 Å². The Morgan fingerprint density at radius 3 is 2.68 bits per heavy atom. The average molecular weight is 305 g/mol. The van der Waals surface area contributed by atoms with Gasteiger partial charge < -0.3 is 14.5 Å². The van der Waals surface area contributed by atoms with Crippen molar-refractivity contribution in [1.29, 1.82) is 0 Å². The summed E-state index contributed by atoms with van der Waals surface area (Å²) >= 11 is 0. The number of benzene rings is 1. The first kappa shape index (κ1) is 16.1. The van der Waals surface area contributed by atoms with Crippen LogP contribution in [0.25, 0.3) is 0 Å². The minimum absolute atomic E-state index is 0.113. The van der Waals surface area contributed by atoms with Crippen LogP contribution in [-0.2, 0) is 6.61 Å². The first-order chi connectivity index (χ1) is 10.6. The molecule has 22 heavy (non-hydrogen) atoms. The van der Waals surface area contributed by atoms with Gasteiger partial charge in [-0.3, -0.25) is 4.79 Å². The van der Waals surface area contributed by atoms with E-state index in [0.29, 0.717) is 11.5 Å². The SMILES string of the molecule is CCCC(C)NC(=O)c1ccc(COc2ccc(F)cc2)o1. The van der Waals surface area contributed by atoms with Crippen LogP contribution in [0.2, 0.25) is 0 Å². The van der Waals surface area contributed by atoms with Gasteiger partial charge in [-0.25, -0.2) is 4.39 Å². The number of hydrogen-bond acceptors (Lipinski definition) is 3. The Balaban J connectivity index is 1.88. The lowest BCUT2D eigenvalue weighted by atomic mass is 10.2. The first-order valence-electron chi connectivity index (χ1n) is 7.36. The molecule has 1 atom stereocenters. The number of ether oxygens (including phenoxy) is 1. The third-order valence-electron chi connectivity index (χ3n) is 3.18. The summed E-state index contributed by atoms with van der Waals surface area (Å²) in [4.78, 5) is 12.0. The number of nitrogens with one attached hydrogen (secondary N) is 1. The van der Waals surface area contributed by atoms with Crippen LogP contribution in [0.4, 0.5) is 4.39 Å². The third-order valence-corrected chi connectivity index (χ3v) is 3.18. The molecule has 1 aromatic heterocycles. The van der Waals surface area contributed by atoms with Gasteiger partial charge in [0, 0.05) is 6.04 Å². The van der Waals surface area contributed by atoms with E-state index in [1.807, 2.05) is 6.92 Å². The highest BCUT2D eigenvalue weighted by atomic mass is 19.1. The molecule has 0 saturated carbocycles. The predicted molar refractivity (Wildman–Crippen MR) is 81.3 cm³/mol. The second-order valence-corrected chi connectivity index (χ2v) is 5.17. The lowest BCUT2D eigenvalue weighted by Crippen LogP contribution is -2.32. The first-order valence-corrected chi connectivity index (χ1v) is 7.36. The smallest absolute Gasteiger partial charge is 0.287 e. The molecule has 0 fully saturated rings. The van der Waals surface area contributed by atoms with Crippen molar-refractivity contribution in [2.75, 3.05) is 0 Å². The van der Waals surface area contributed by atoms with Crippen molar-refractivity contribution in [2.45, 2.75) is 39.3 Å². The molecule has 0 saturated heterocycles. The number of furan rings is 1. The number of amides is 1. The summed E-state index contributed by atoms with van der Waals surface area (Å²) in [6.45, 7) is 4.22. The maximum atomic E-state index is 12.8. The second-order valence-electron chi connectivity index (χ2n) is 5.17. The van der Waals surface area contributed by atoms with Gasteiger partial charge in [0.05, 0.1) is 0 Å². The second kappa shape index (κ2) is 7.64. The van der Waals surface area contributed by atoms with Gasteiger partial charge in [0.2, 0.25) is 0 Å². The quantitative estimate of drug-likeness (QED) is 0.843. The Labute approximate surface area is 129 Å². The van der Waals surface area contributed by atoms with Gasteiger partial charge in [-0.2, -0.15) is 0 Å². The molecule has 118 valence electrons. The fourth-order valence-electron chi connectivity index (χ4n) is 2.06. The van der Waals surface area contributed by atoms with E-state index in [9.17, 15) is 9.18 Å². The van der Waals surface area contributed by atoms with Crippen molar-refractivity contribution in [3.63, 3.8) is 0 Å². The van der Waals surface area contributed by atoms with Crippen LogP contribution in [0.5, 0.6) is 5.75 Å². The number of halogens is 1. The van der Waals surface area contributed by atoms with Gasteiger partial charge >= 0.3 is 0 Å². The summed E-state index contributed by atoms with van der Waals surface area (Å²) in [7, 11) is 0. The molecule has 2 aromatic rings. The molecule has 4 nitrogen and oxygen atoms in total. The molecule has 5 heteroatoms. The lowest BCUT2D eigenvalue weighted by molar-refractivity contribution is 0.0906. The molecule has 0 bridgehead atoms. The zero-order chi connectivity index (χ0) is 15.9. The molecule has 0 aliphatic carbocycles. The topological polar surface area (TPSA) is 51.5 Å². The third kappa shape index (κ3) is 4.62. The highest BCUT2D eigenvalue weighted by Crippen LogP contribution is 2.15. The van der Waals surface area contributed by atoms with Crippen molar-refractivity contribution in [3.05, 3.63) is 53.7 Å². The van der Waals surface area contributed by atoms with Gasteiger partial charge in [-0.05, 0) is 49.7 Å². The van der Waals surface area contributed by atoms with Crippen molar-refractivity contribution >= 4 is 5.91 Å². The van der Waals surface area contributed by atoms with Gasteiger partial charge in [-0.1, -0.05) is 13.3 Å². The molecular formula is C17H20FNO3. The molecule has 1 unspecified atom stereocenters. The minimum atomic E-state index is -0.314. The van der Waals surface area contributed by atoms with E-state index in [1.54, 1.807) is 24.3 Å². The molecule has 1 amide bonds. The Hall–Kier alpha value is -2.30. The fraction of sp³-hybridized carbons (Fsp3) is 0.353. The van der Waals surface area contributed by atoms with Crippen molar-refractivity contribution in [1.82, 2.24) is 5.32 Å². The van der Waals surface area contributed by atoms with E-state index >= 15 is 0 Å². The lowest BCUT2D eigenvalue weighted by Gasteiger charge is -2.11. The molecule has 1 N–H and O–H groups in total. The zero-order valence-corrected chi connectivity index (χ0v) is 12.8. The Morgan fingerprint density at radius 1 is 1.27 bits per heavy atom. The zero-order valence-electron chi connectivity index (χ0n) is 12.8. The van der Waals surface area contributed by atoms with Crippen LogP contribution in [0, 0.1) is 5.82 Å². The molecule has 0 aliphatic heterocycles. The van der Waals surface area contributed by atoms with E-state index in [-0.39, 0.29) is 30.1 Å². The maximum Gasteiger partial charge on any atom is 0.287 e. The largest absolute Gasteiger partial charge is 0.486 e. The van der Waals surface area contributed by atoms with Crippen molar-refractivity contribution in [2.24, 2.45) is 0 Å². The molecular weight excluding hydrogens is 285 g/mol. The van der Waals surface area contributed by atoms with E-state index in [4.69, 9.17) is 9.15 Å². The molecule has 1 heterocycles. The Kier molecular flexibility index (Phi) is 5.58. The van der Waals surface area contributed by atoms with E-state index < -0.39 is 0 Å². The Morgan fingerprint density at radius 2 is 2.00 bits per heavy atom. The van der Waals surface area contributed by atoms with E-state index in [1.165, 1.54) is 12.1 Å². The minimum Gasteiger partial charge on any atom is -0.486 e. The van der Waals surface area contributed by atoms with Gasteiger partial charge in [0.25, 0.3) is 5.91 Å². The maximum absolute atomic E-state index is 12.8. The monoisotopic (exact) mass is 305 g/mol. The van der Waals surface area contributed by atoms with Crippen molar-refractivity contribution in [3.8, 4) is 5.75 Å². The number of carbonyl (C=O) groups is 1. The molecule has 1 aromatic carbocycles. The molecule has 0 radical (unpaired) electrons. The highest BCUT2D eigenvalue weighted by molar-refractivity contribution is 5.91. The van der Waals surface area contributed by atoms with Gasteiger partial charge in [-0.15, -0.1) is 0 Å². The summed E-state index contributed by atoms with van der Waals surface area (Å²) in [5.41, 5.74) is 0. The van der Waals surface area contributed by atoms with E-state index in [0.717, 1.165) is 12.8 Å². The molecule has 2 rings (SSSR count). The van der Waals surface area contributed by atoms with Crippen LogP contribution in [0.3, 0.4) is 0 Å². The van der Waals surface area contributed by atoms with Crippen LogP contribution < -0.4 is 10.1 Å². The highest BCUT2D eigenvalue weighted by Gasteiger charge is 2.13. The Bertz CT molecular complexity index is 607. The fourth-order valence-corrected chi connectivity index (χ4v) is 2.06.